The van der Waals surface area contributed by atoms with E-state index in [1.807, 2.05) is 0 Å². The van der Waals surface area contributed by atoms with Crippen molar-refractivity contribution < 1.29 is 13.9 Å². The van der Waals surface area contributed by atoms with Gasteiger partial charge in [0.1, 0.15) is 5.75 Å². The molecule has 164 valence electrons. The Hall–Kier alpha value is -2.36. The molecular formula is C27H30ClFO2. The molecule has 3 aromatic carbocycles. The summed E-state index contributed by atoms with van der Waals surface area (Å²) >= 11 is 5.99. The van der Waals surface area contributed by atoms with Gasteiger partial charge in [-0.2, -0.15) is 0 Å². The Bertz CT molecular complexity index is 1050. The molecule has 0 aliphatic rings. The van der Waals surface area contributed by atoms with Gasteiger partial charge in [0.15, 0.2) is 11.6 Å². The second-order valence-electron chi connectivity index (χ2n) is 8.69. The van der Waals surface area contributed by atoms with E-state index in [0.29, 0.717) is 29.9 Å². The summed E-state index contributed by atoms with van der Waals surface area (Å²) in [5.74, 6) is 0.617. The van der Waals surface area contributed by atoms with E-state index in [1.165, 1.54) is 22.8 Å². The second-order valence-corrected chi connectivity index (χ2v) is 9.12. The summed E-state index contributed by atoms with van der Waals surface area (Å²) in [5.41, 5.74) is 4.57. The van der Waals surface area contributed by atoms with E-state index in [4.69, 9.17) is 21.1 Å². The maximum Gasteiger partial charge on any atom is 0.165 e. The van der Waals surface area contributed by atoms with Gasteiger partial charge in [0, 0.05) is 10.4 Å². The number of aryl methyl sites for hydroxylation is 2. The van der Waals surface area contributed by atoms with Crippen LogP contribution in [-0.4, -0.2) is 6.61 Å². The Morgan fingerprint density at radius 3 is 2.42 bits per heavy atom. The molecule has 31 heavy (non-hydrogen) atoms. The molecule has 1 atom stereocenters. The van der Waals surface area contributed by atoms with Crippen LogP contribution in [0.2, 0.25) is 5.02 Å². The highest BCUT2D eigenvalue weighted by atomic mass is 35.5. The summed E-state index contributed by atoms with van der Waals surface area (Å²) in [6, 6.07) is 18.3. The minimum Gasteiger partial charge on any atom is -0.454 e. The molecule has 0 aromatic heterocycles. The fourth-order valence-electron chi connectivity index (χ4n) is 3.43. The van der Waals surface area contributed by atoms with Crippen LogP contribution in [0.25, 0.3) is 0 Å². The van der Waals surface area contributed by atoms with Gasteiger partial charge in [0.25, 0.3) is 0 Å². The lowest BCUT2D eigenvalue weighted by Crippen LogP contribution is -2.34. The number of rotatable bonds is 8. The molecule has 4 heteroatoms. The first kappa shape index (κ1) is 23.3. The van der Waals surface area contributed by atoms with Gasteiger partial charge in [-0.25, -0.2) is 4.39 Å². The van der Waals surface area contributed by atoms with Crippen LogP contribution in [0.3, 0.4) is 0 Å². The first-order chi connectivity index (χ1) is 14.7. The summed E-state index contributed by atoms with van der Waals surface area (Å²) in [7, 11) is 0. The summed E-state index contributed by atoms with van der Waals surface area (Å²) in [6.07, 6.45) is 0. The molecule has 0 heterocycles. The molecule has 0 fully saturated rings. The average molecular weight is 441 g/mol. The third-order valence-corrected chi connectivity index (χ3v) is 6.37. The average Bonchev–Trinajstić information content (AvgIpc) is 2.72. The summed E-state index contributed by atoms with van der Waals surface area (Å²) in [5, 5.41) is 0.539. The predicted octanol–water partition coefficient (Wildman–Crippen LogP) is 8.02. The van der Waals surface area contributed by atoms with Crippen LogP contribution in [0.1, 0.15) is 43.0 Å². The van der Waals surface area contributed by atoms with Crippen molar-refractivity contribution in [3.8, 4) is 11.5 Å². The highest BCUT2D eigenvalue weighted by Crippen LogP contribution is 2.34. The molecule has 0 aliphatic heterocycles. The Labute approximate surface area is 190 Å². The van der Waals surface area contributed by atoms with Crippen molar-refractivity contribution in [2.24, 2.45) is 5.92 Å². The zero-order valence-electron chi connectivity index (χ0n) is 18.8. The van der Waals surface area contributed by atoms with Crippen LogP contribution >= 0.6 is 11.6 Å². The lowest BCUT2D eigenvalue weighted by molar-refractivity contribution is 0.0583. The molecule has 0 spiro atoms. The summed E-state index contributed by atoms with van der Waals surface area (Å²) in [4.78, 5) is 0. The van der Waals surface area contributed by atoms with Crippen LogP contribution in [0.15, 0.2) is 60.7 Å². The molecule has 0 saturated heterocycles. The standard InChI is InChI=1S/C27H30ClFO2/c1-18(2)27(5,22-11-9-19(3)20(4)13-22)17-30-16-21-10-12-25(29)26(14-21)31-24-8-6-7-23(28)15-24/h6-15,18H,16-17H2,1-5H3. The van der Waals surface area contributed by atoms with Crippen LogP contribution < -0.4 is 4.74 Å². The van der Waals surface area contributed by atoms with Crippen LogP contribution in [0.5, 0.6) is 11.5 Å². The van der Waals surface area contributed by atoms with Gasteiger partial charge < -0.3 is 9.47 Å². The number of hydrogen-bond donors (Lipinski definition) is 0. The lowest BCUT2D eigenvalue weighted by Gasteiger charge is -2.34. The quantitative estimate of drug-likeness (QED) is 0.353. The van der Waals surface area contributed by atoms with E-state index in [-0.39, 0.29) is 11.2 Å². The maximum absolute atomic E-state index is 14.3. The van der Waals surface area contributed by atoms with E-state index < -0.39 is 5.82 Å². The zero-order valence-corrected chi connectivity index (χ0v) is 19.6. The molecule has 0 N–H and O–H groups in total. The fraction of sp³-hybridized carbons (Fsp3) is 0.333. The second kappa shape index (κ2) is 9.84. The Morgan fingerprint density at radius 2 is 1.74 bits per heavy atom. The SMILES string of the molecule is Cc1ccc(C(C)(COCc2ccc(F)c(Oc3cccc(Cl)c3)c2)C(C)C)cc1C. The normalized spacial score (nSPS) is 13.3. The van der Waals surface area contributed by atoms with Crippen molar-refractivity contribution in [3.05, 3.63) is 93.8 Å². The molecule has 0 radical (unpaired) electrons. The van der Waals surface area contributed by atoms with Crippen molar-refractivity contribution >= 4 is 11.6 Å². The molecular weight excluding hydrogens is 411 g/mol. The molecule has 0 aliphatic carbocycles. The summed E-state index contributed by atoms with van der Waals surface area (Å²) in [6.45, 7) is 11.9. The van der Waals surface area contributed by atoms with E-state index in [9.17, 15) is 4.39 Å². The monoisotopic (exact) mass is 440 g/mol. The number of ether oxygens (including phenoxy) is 2. The van der Waals surface area contributed by atoms with Gasteiger partial charge in [0.05, 0.1) is 13.2 Å². The highest BCUT2D eigenvalue weighted by molar-refractivity contribution is 6.30. The van der Waals surface area contributed by atoms with Crippen LogP contribution in [0.4, 0.5) is 4.39 Å². The van der Waals surface area contributed by atoms with E-state index in [1.54, 1.807) is 36.4 Å². The molecule has 0 saturated carbocycles. The van der Waals surface area contributed by atoms with Crippen LogP contribution in [-0.2, 0) is 16.8 Å². The van der Waals surface area contributed by atoms with Crippen molar-refractivity contribution in [1.82, 2.24) is 0 Å². The van der Waals surface area contributed by atoms with Gasteiger partial charge >= 0.3 is 0 Å². The predicted molar refractivity (Wildman–Crippen MR) is 126 cm³/mol. The first-order valence-electron chi connectivity index (χ1n) is 10.6. The molecule has 1 unspecified atom stereocenters. The van der Waals surface area contributed by atoms with Crippen molar-refractivity contribution in [2.45, 2.75) is 46.6 Å². The first-order valence-corrected chi connectivity index (χ1v) is 10.9. The lowest BCUT2D eigenvalue weighted by atomic mass is 9.73. The van der Waals surface area contributed by atoms with Crippen molar-refractivity contribution in [2.75, 3.05) is 6.61 Å². The number of hydrogen-bond acceptors (Lipinski definition) is 2. The Kier molecular flexibility index (Phi) is 7.40. The van der Waals surface area contributed by atoms with E-state index >= 15 is 0 Å². The highest BCUT2D eigenvalue weighted by Gasteiger charge is 2.31. The molecule has 3 aromatic rings. The molecule has 2 nitrogen and oxygen atoms in total. The minimum atomic E-state index is -0.425. The molecule has 0 amide bonds. The molecule has 0 bridgehead atoms. The van der Waals surface area contributed by atoms with Gasteiger partial charge in [-0.15, -0.1) is 0 Å². The van der Waals surface area contributed by atoms with Gasteiger partial charge in [-0.1, -0.05) is 62.7 Å². The number of benzene rings is 3. The zero-order chi connectivity index (χ0) is 22.6. The fourth-order valence-corrected chi connectivity index (χ4v) is 3.61. The third kappa shape index (κ3) is 5.66. The molecule has 3 rings (SSSR count). The van der Waals surface area contributed by atoms with Crippen LogP contribution in [0, 0.1) is 25.6 Å². The van der Waals surface area contributed by atoms with Gasteiger partial charge in [0.2, 0.25) is 0 Å². The third-order valence-electron chi connectivity index (χ3n) is 6.13. The summed E-state index contributed by atoms with van der Waals surface area (Å²) < 4.78 is 26.1. The maximum atomic E-state index is 14.3. The van der Waals surface area contributed by atoms with Crippen molar-refractivity contribution in [3.63, 3.8) is 0 Å². The van der Waals surface area contributed by atoms with Gasteiger partial charge in [-0.05, 0) is 72.4 Å². The smallest absolute Gasteiger partial charge is 0.165 e. The minimum absolute atomic E-state index is 0.126. The van der Waals surface area contributed by atoms with Crippen molar-refractivity contribution in [1.29, 1.82) is 0 Å². The topological polar surface area (TPSA) is 18.5 Å². The van der Waals surface area contributed by atoms with E-state index in [2.05, 4.69) is 52.8 Å². The Balaban J connectivity index is 1.71. The van der Waals surface area contributed by atoms with Gasteiger partial charge in [-0.3, -0.25) is 0 Å². The Morgan fingerprint density at radius 1 is 0.968 bits per heavy atom. The van der Waals surface area contributed by atoms with E-state index in [0.717, 1.165) is 5.56 Å². The number of halogens is 2. The largest absolute Gasteiger partial charge is 0.454 e.